The standard InChI is InChI=1S/C46H60F3N3O19/c1-4-8-27(42(61)62)66-40-35(57)30(17-54)69-46(41(40)70-43(63)22-9-6-5-7-10-22)67-28-12-21(11-19(2)39(28)71-45-38(60)37(59)33(55)20(3)65-45)18-64-44-36(58)32(34(56)29(16-53)68-44)52-15-26(50-51-52)23-13-24(47)31(49)25(48)14-23/h5-7,9-10,13-15,19-21,27-30,32-41,44-46,53-60H,4,8,11-12,16-18H2,1-3H3,(H,61,62)/t19?,20?,21?,27-,28+,29?,30?,32?,33+,34+,35-,36?,37?,38?,39?,40-,41?,44-,45-,46+/m0/s1. The average molecular weight is 1020 g/mol. The van der Waals surface area contributed by atoms with Crippen molar-refractivity contribution in [3.05, 3.63) is 71.7 Å². The van der Waals surface area contributed by atoms with Gasteiger partial charge in [-0.15, -0.1) is 5.10 Å². The van der Waals surface area contributed by atoms with Crippen LogP contribution < -0.4 is 0 Å². The Kier molecular flexibility index (Phi) is 18.2. The van der Waals surface area contributed by atoms with Crippen LogP contribution in [0, 0.1) is 29.3 Å². The number of esters is 1. The number of ether oxygens (including phenoxy) is 8. The molecule has 394 valence electrons. The van der Waals surface area contributed by atoms with Crippen molar-refractivity contribution < 1.29 is 107 Å². The van der Waals surface area contributed by atoms with Crippen molar-refractivity contribution in [2.75, 3.05) is 19.8 Å². The number of hydrogen-bond donors (Lipinski definition) is 9. The maximum absolute atomic E-state index is 14.1. The molecule has 0 bridgehead atoms. The molecule has 7 rings (SSSR count). The fourth-order valence-corrected chi connectivity index (χ4v) is 9.44. The molecule has 1 saturated carbocycles. The van der Waals surface area contributed by atoms with E-state index < -0.39 is 165 Å². The number of halogens is 3. The number of aliphatic carboxylic acids is 1. The van der Waals surface area contributed by atoms with Gasteiger partial charge in [-0.05, 0) is 62.3 Å². The van der Waals surface area contributed by atoms with E-state index in [9.17, 15) is 68.7 Å². The summed E-state index contributed by atoms with van der Waals surface area (Å²) in [5.74, 6) is -8.16. The Bertz CT molecular complexity index is 2210. The lowest BCUT2D eigenvalue weighted by Gasteiger charge is -2.48. The van der Waals surface area contributed by atoms with E-state index in [0.29, 0.717) is 18.6 Å². The molecular formula is C46H60F3N3O19. The molecule has 3 saturated heterocycles. The molecule has 9 N–H and O–H groups in total. The molecule has 2 aromatic carbocycles. The van der Waals surface area contributed by atoms with Gasteiger partial charge in [-0.2, -0.15) is 0 Å². The Morgan fingerprint density at radius 2 is 1.45 bits per heavy atom. The van der Waals surface area contributed by atoms with Gasteiger partial charge in [0.1, 0.15) is 66.7 Å². The highest BCUT2D eigenvalue weighted by molar-refractivity contribution is 5.89. The fourth-order valence-electron chi connectivity index (χ4n) is 9.44. The Hall–Kier alpha value is -4.29. The van der Waals surface area contributed by atoms with Gasteiger partial charge in [-0.25, -0.2) is 27.4 Å². The number of aliphatic hydroxyl groups excluding tert-OH is 8. The maximum atomic E-state index is 14.1. The second-order valence-electron chi connectivity index (χ2n) is 18.3. The zero-order chi connectivity index (χ0) is 51.4. The molecular weight excluding hydrogens is 956 g/mol. The molecule has 4 heterocycles. The van der Waals surface area contributed by atoms with Crippen LogP contribution in [0.15, 0.2) is 48.7 Å². The number of aromatic nitrogens is 3. The molecule has 0 radical (unpaired) electrons. The molecule has 20 atom stereocenters. The molecule has 0 spiro atoms. The molecule has 0 amide bonds. The summed E-state index contributed by atoms with van der Waals surface area (Å²) >= 11 is 0. The first-order chi connectivity index (χ1) is 33.8. The van der Waals surface area contributed by atoms with Crippen LogP contribution in [-0.4, -0.2) is 197 Å². The first-order valence-electron chi connectivity index (χ1n) is 23.3. The molecule has 4 fully saturated rings. The van der Waals surface area contributed by atoms with Crippen molar-refractivity contribution in [2.24, 2.45) is 11.8 Å². The van der Waals surface area contributed by atoms with Crippen LogP contribution in [0.3, 0.4) is 0 Å². The molecule has 4 aliphatic rings. The van der Waals surface area contributed by atoms with Gasteiger partial charge in [0.05, 0.1) is 49.9 Å². The third kappa shape index (κ3) is 12.1. The van der Waals surface area contributed by atoms with Gasteiger partial charge in [-0.1, -0.05) is 43.7 Å². The predicted octanol–water partition coefficient (Wildman–Crippen LogP) is -0.0547. The van der Waals surface area contributed by atoms with Crippen molar-refractivity contribution in [1.82, 2.24) is 15.0 Å². The number of carboxylic acid groups (broad SMARTS) is 1. The Labute approximate surface area is 404 Å². The summed E-state index contributed by atoms with van der Waals surface area (Å²) in [5, 5.41) is 105. The van der Waals surface area contributed by atoms with Crippen LogP contribution >= 0.6 is 0 Å². The first kappa shape index (κ1) is 54.5. The zero-order valence-electron chi connectivity index (χ0n) is 38.7. The number of carbonyl (C=O) groups is 2. The summed E-state index contributed by atoms with van der Waals surface area (Å²) in [5.41, 5.74) is -0.306. The minimum atomic E-state index is -1.77. The molecule has 22 nitrogen and oxygen atoms in total. The monoisotopic (exact) mass is 1020 g/mol. The predicted molar refractivity (Wildman–Crippen MR) is 231 cm³/mol. The van der Waals surface area contributed by atoms with E-state index in [4.69, 9.17) is 37.9 Å². The molecule has 1 aromatic heterocycles. The Morgan fingerprint density at radius 1 is 0.789 bits per heavy atom. The smallest absolute Gasteiger partial charge is 0.338 e. The number of hydrogen-bond acceptors (Lipinski definition) is 20. The van der Waals surface area contributed by atoms with Crippen LogP contribution in [0.5, 0.6) is 0 Å². The van der Waals surface area contributed by atoms with Gasteiger partial charge in [0, 0.05) is 5.56 Å². The molecule has 3 aliphatic heterocycles. The van der Waals surface area contributed by atoms with Gasteiger partial charge in [-0.3, -0.25) is 0 Å². The fraction of sp³-hybridized carbons (Fsp3) is 0.652. The summed E-state index contributed by atoms with van der Waals surface area (Å²) in [4.78, 5) is 26.1. The van der Waals surface area contributed by atoms with Crippen molar-refractivity contribution in [3.63, 3.8) is 0 Å². The number of rotatable bonds is 18. The van der Waals surface area contributed by atoms with Crippen LogP contribution in [0.4, 0.5) is 13.2 Å². The number of nitrogens with zero attached hydrogens (tertiary/aromatic N) is 3. The minimum Gasteiger partial charge on any atom is -0.479 e. The Morgan fingerprint density at radius 3 is 2.10 bits per heavy atom. The molecule has 11 unspecified atom stereocenters. The van der Waals surface area contributed by atoms with E-state index in [1.165, 1.54) is 19.1 Å². The van der Waals surface area contributed by atoms with E-state index in [2.05, 4.69) is 10.3 Å². The molecule has 1 aliphatic carbocycles. The number of aliphatic hydroxyl groups is 8. The van der Waals surface area contributed by atoms with Crippen LogP contribution in [-0.2, 0) is 42.7 Å². The van der Waals surface area contributed by atoms with Gasteiger partial charge < -0.3 is 83.9 Å². The number of carboxylic acids is 1. The highest BCUT2D eigenvalue weighted by atomic mass is 19.2. The summed E-state index contributed by atoms with van der Waals surface area (Å²) in [6.45, 7) is 3.05. The summed E-state index contributed by atoms with van der Waals surface area (Å²) in [6, 6.07) is 7.61. The quantitative estimate of drug-likeness (QED) is 0.0596. The highest BCUT2D eigenvalue weighted by Crippen LogP contribution is 2.40. The van der Waals surface area contributed by atoms with Crippen LogP contribution in [0.25, 0.3) is 11.3 Å². The lowest BCUT2D eigenvalue weighted by molar-refractivity contribution is -0.350. The zero-order valence-corrected chi connectivity index (χ0v) is 38.7. The second-order valence-corrected chi connectivity index (χ2v) is 18.3. The average Bonchev–Trinajstić information content (AvgIpc) is 3.83. The number of benzene rings is 2. The third-order valence-corrected chi connectivity index (χ3v) is 13.2. The largest absolute Gasteiger partial charge is 0.479 e. The van der Waals surface area contributed by atoms with Gasteiger partial charge in [0.2, 0.25) is 0 Å². The normalized spacial score (nSPS) is 37.1. The van der Waals surface area contributed by atoms with Gasteiger partial charge >= 0.3 is 11.9 Å². The number of carbonyl (C=O) groups excluding carboxylic acids is 1. The van der Waals surface area contributed by atoms with E-state index in [1.807, 2.05) is 0 Å². The van der Waals surface area contributed by atoms with Gasteiger partial charge in [0.15, 0.2) is 48.5 Å². The Balaban J connectivity index is 1.17. The van der Waals surface area contributed by atoms with E-state index in [-0.39, 0.29) is 42.7 Å². The summed E-state index contributed by atoms with van der Waals surface area (Å²) in [7, 11) is 0. The molecule has 3 aromatic rings. The lowest BCUT2D eigenvalue weighted by Crippen LogP contribution is -2.64. The van der Waals surface area contributed by atoms with Gasteiger partial charge in [0.25, 0.3) is 0 Å². The van der Waals surface area contributed by atoms with Crippen molar-refractivity contribution >= 4 is 11.9 Å². The molecule has 71 heavy (non-hydrogen) atoms. The lowest BCUT2D eigenvalue weighted by atomic mass is 9.78. The topological polar surface area (TPSA) is 321 Å². The van der Waals surface area contributed by atoms with E-state index >= 15 is 0 Å². The van der Waals surface area contributed by atoms with Crippen molar-refractivity contribution in [1.29, 1.82) is 0 Å². The van der Waals surface area contributed by atoms with E-state index in [1.54, 1.807) is 32.0 Å². The van der Waals surface area contributed by atoms with Crippen molar-refractivity contribution in [3.8, 4) is 11.3 Å². The summed E-state index contributed by atoms with van der Waals surface area (Å²) < 4.78 is 91.6. The minimum absolute atomic E-state index is 0.0228. The van der Waals surface area contributed by atoms with Crippen molar-refractivity contribution in [2.45, 2.75) is 157 Å². The van der Waals surface area contributed by atoms with E-state index in [0.717, 1.165) is 10.9 Å². The third-order valence-electron chi connectivity index (χ3n) is 13.2. The SMILES string of the molecule is CCC[C@H](O[C@@H]1C(OC(=O)c2ccccc2)[C@H](O[C@@H]2CC(CO[C@H]3OC(CO)[C@@H](O)C(n4cc(-c5cc(F)c(F)c(F)c5)nn4)C3O)CC(C)C2O[C@@H]2OC(C)[C@@H](O)C(O)C2O)OC(CO)[C@@H]1O)C(=O)O. The summed E-state index contributed by atoms with van der Waals surface area (Å²) in [6.07, 6.45) is -24.3. The van der Waals surface area contributed by atoms with Crippen LogP contribution in [0.2, 0.25) is 0 Å². The first-order valence-corrected chi connectivity index (χ1v) is 23.3. The highest BCUT2D eigenvalue weighted by Gasteiger charge is 2.54. The van der Waals surface area contributed by atoms with Crippen LogP contribution in [0.1, 0.15) is 62.9 Å². The second kappa shape index (κ2) is 23.7. The maximum Gasteiger partial charge on any atom is 0.338 e. The molecule has 25 heteroatoms.